The third-order valence-electron chi connectivity index (χ3n) is 8.06. The van der Waals surface area contributed by atoms with E-state index in [0.717, 1.165) is 46.3 Å². The number of hydrogen-bond donors (Lipinski definition) is 1. The summed E-state index contributed by atoms with van der Waals surface area (Å²) in [6.45, 7) is 12.0. The number of aliphatic carboxylic acids is 1. The number of carboxylic acids is 1. The Labute approximate surface area is 223 Å². The van der Waals surface area contributed by atoms with Gasteiger partial charge in [0.1, 0.15) is 5.52 Å². The monoisotopic (exact) mass is 519 g/mol. The van der Waals surface area contributed by atoms with E-state index in [1.807, 2.05) is 46.5 Å². The Bertz CT molecular complexity index is 1350. The number of fused-ring (bicyclic) bond motifs is 2. The largest absolute Gasteiger partial charge is 0.481 e. The molecule has 3 heterocycles. The number of benzene rings is 2. The molecular formula is C29H37N5O4. The first kappa shape index (κ1) is 26.2. The lowest BCUT2D eigenvalue weighted by Gasteiger charge is -2.39. The van der Waals surface area contributed by atoms with Crippen LogP contribution in [0.1, 0.15) is 60.9 Å². The summed E-state index contributed by atoms with van der Waals surface area (Å²) in [7, 11) is 0. The van der Waals surface area contributed by atoms with E-state index >= 15 is 0 Å². The van der Waals surface area contributed by atoms with E-state index in [-0.39, 0.29) is 24.5 Å². The molecule has 2 aromatic carbocycles. The van der Waals surface area contributed by atoms with Crippen molar-refractivity contribution >= 4 is 23.0 Å². The lowest BCUT2D eigenvalue weighted by atomic mass is 9.83. The molecule has 38 heavy (non-hydrogen) atoms. The zero-order chi connectivity index (χ0) is 27.0. The minimum atomic E-state index is -0.853. The predicted molar refractivity (Wildman–Crippen MR) is 144 cm³/mol. The standard InChI is InChI=1S/C29H37N5O4/c1-5-34-25-9-8-23(19(4)28(25)30-31-34)24(15-27(35)36)21-7-6-20-10-11-32(16-22(20)14-21)29(37)33-12-13-38-26(17-33)18(2)3/h6-9,14,18,24,26H,5,10-13,15-17H2,1-4H3,(H,35,36). The zero-order valence-electron chi connectivity index (χ0n) is 22.7. The zero-order valence-corrected chi connectivity index (χ0v) is 22.7. The smallest absolute Gasteiger partial charge is 0.320 e. The van der Waals surface area contributed by atoms with E-state index < -0.39 is 5.97 Å². The Morgan fingerprint density at radius 2 is 1.95 bits per heavy atom. The van der Waals surface area contributed by atoms with Gasteiger partial charge in [-0.1, -0.05) is 43.3 Å². The Morgan fingerprint density at radius 1 is 1.13 bits per heavy atom. The van der Waals surface area contributed by atoms with Crippen LogP contribution in [-0.2, 0) is 29.0 Å². The second-order valence-corrected chi connectivity index (χ2v) is 10.8. The molecule has 2 atom stereocenters. The van der Waals surface area contributed by atoms with E-state index in [1.54, 1.807) is 0 Å². The second-order valence-electron chi connectivity index (χ2n) is 10.8. The SMILES string of the molecule is CCn1nnc2c(C)c(C(CC(=O)O)c3ccc4c(c3)CN(C(=O)N3CCOC(C(C)C)C3)CC4)ccc21. The third-order valence-corrected chi connectivity index (χ3v) is 8.06. The Balaban J connectivity index is 1.42. The van der Waals surface area contributed by atoms with E-state index in [9.17, 15) is 14.7 Å². The number of carbonyl (C=O) groups is 2. The molecule has 2 aliphatic heterocycles. The first-order valence-electron chi connectivity index (χ1n) is 13.6. The highest BCUT2D eigenvalue weighted by molar-refractivity contribution is 5.80. The summed E-state index contributed by atoms with van der Waals surface area (Å²) in [6, 6.07) is 10.3. The van der Waals surface area contributed by atoms with E-state index in [4.69, 9.17) is 4.74 Å². The molecule has 0 saturated carbocycles. The van der Waals surface area contributed by atoms with Crippen LogP contribution in [0.25, 0.3) is 11.0 Å². The fourth-order valence-corrected chi connectivity index (χ4v) is 5.79. The van der Waals surface area contributed by atoms with Crippen molar-refractivity contribution in [2.24, 2.45) is 5.92 Å². The number of nitrogens with zero attached hydrogens (tertiary/aromatic N) is 5. The normalized spacial score (nSPS) is 18.6. The molecule has 0 spiro atoms. The van der Waals surface area contributed by atoms with Gasteiger partial charge in [0.25, 0.3) is 0 Å². The molecule has 2 amide bonds. The quantitative estimate of drug-likeness (QED) is 0.524. The summed E-state index contributed by atoms with van der Waals surface area (Å²) in [5.74, 6) is -0.824. The number of aromatic nitrogens is 3. The first-order valence-corrected chi connectivity index (χ1v) is 13.6. The summed E-state index contributed by atoms with van der Waals surface area (Å²) in [6.07, 6.45) is 0.821. The highest BCUT2D eigenvalue weighted by Crippen LogP contribution is 2.35. The van der Waals surface area contributed by atoms with Gasteiger partial charge in [0.05, 0.1) is 24.6 Å². The number of aryl methyl sites for hydroxylation is 2. The van der Waals surface area contributed by atoms with Crippen molar-refractivity contribution in [3.63, 3.8) is 0 Å². The van der Waals surface area contributed by atoms with Crippen molar-refractivity contribution in [2.45, 2.75) is 65.6 Å². The van der Waals surface area contributed by atoms with Crippen molar-refractivity contribution in [1.29, 1.82) is 0 Å². The Morgan fingerprint density at radius 3 is 2.68 bits per heavy atom. The molecule has 9 heteroatoms. The topological polar surface area (TPSA) is 101 Å². The van der Waals surface area contributed by atoms with E-state index in [2.05, 4.69) is 36.3 Å². The van der Waals surface area contributed by atoms with Crippen LogP contribution < -0.4 is 0 Å². The van der Waals surface area contributed by atoms with Gasteiger partial charge < -0.3 is 19.6 Å². The van der Waals surface area contributed by atoms with E-state index in [1.165, 1.54) is 5.56 Å². The van der Waals surface area contributed by atoms with Crippen molar-refractivity contribution in [1.82, 2.24) is 24.8 Å². The molecule has 0 radical (unpaired) electrons. The number of urea groups is 1. The van der Waals surface area contributed by atoms with Gasteiger partial charge in [0.2, 0.25) is 0 Å². The van der Waals surface area contributed by atoms with Crippen molar-refractivity contribution in [3.8, 4) is 0 Å². The van der Waals surface area contributed by atoms with Crippen LogP contribution in [0.2, 0.25) is 0 Å². The number of hydrogen-bond acceptors (Lipinski definition) is 5. The number of rotatable bonds is 6. The van der Waals surface area contributed by atoms with Crippen molar-refractivity contribution in [2.75, 3.05) is 26.2 Å². The van der Waals surface area contributed by atoms with Crippen LogP contribution in [0.15, 0.2) is 30.3 Å². The first-order chi connectivity index (χ1) is 18.3. The van der Waals surface area contributed by atoms with Crippen LogP contribution >= 0.6 is 0 Å². The molecule has 3 aromatic rings. The van der Waals surface area contributed by atoms with Gasteiger partial charge in [-0.25, -0.2) is 9.48 Å². The summed E-state index contributed by atoms with van der Waals surface area (Å²) in [5, 5.41) is 18.4. The number of morpholine rings is 1. The lowest BCUT2D eigenvalue weighted by Crippen LogP contribution is -2.52. The minimum absolute atomic E-state index is 0.0277. The summed E-state index contributed by atoms with van der Waals surface area (Å²) < 4.78 is 7.70. The highest BCUT2D eigenvalue weighted by atomic mass is 16.5. The van der Waals surface area contributed by atoms with Gasteiger partial charge >= 0.3 is 12.0 Å². The van der Waals surface area contributed by atoms with Gasteiger partial charge in [-0.2, -0.15) is 0 Å². The minimum Gasteiger partial charge on any atom is -0.481 e. The van der Waals surface area contributed by atoms with Gasteiger partial charge in [0, 0.05) is 38.6 Å². The van der Waals surface area contributed by atoms with Gasteiger partial charge in [-0.3, -0.25) is 4.79 Å². The average molecular weight is 520 g/mol. The van der Waals surface area contributed by atoms with E-state index in [0.29, 0.717) is 38.7 Å². The Kier molecular flexibility index (Phi) is 7.38. The van der Waals surface area contributed by atoms with Crippen LogP contribution in [0.3, 0.4) is 0 Å². The molecule has 2 unspecified atom stereocenters. The molecule has 1 aromatic heterocycles. The molecule has 0 bridgehead atoms. The maximum Gasteiger partial charge on any atom is 0.320 e. The molecular weight excluding hydrogens is 482 g/mol. The van der Waals surface area contributed by atoms with Gasteiger partial charge in [-0.15, -0.1) is 5.10 Å². The highest BCUT2D eigenvalue weighted by Gasteiger charge is 2.31. The third kappa shape index (κ3) is 4.99. The second kappa shape index (κ2) is 10.7. The van der Waals surface area contributed by atoms with Gasteiger partial charge in [-0.05, 0) is 60.1 Å². The fourth-order valence-electron chi connectivity index (χ4n) is 5.79. The maximum atomic E-state index is 13.4. The molecule has 9 nitrogen and oxygen atoms in total. The summed E-state index contributed by atoms with van der Waals surface area (Å²) >= 11 is 0. The fraction of sp³-hybridized carbons (Fsp3) is 0.517. The molecule has 1 saturated heterocycles. The molecule has 1 fully saturated rings. The van der Waals surface area contributed by atoms with Crippen molar-refractivity contribution < 1.29 is 19.4 Å². The number of amides is 2. The van der Waals surface area contributed by atoms with Crippen molar-refractivity contribution in [3.05, 3.63) is 58.1 Å². The summed E-state index contributed by atoms with van der Waals surface area (Å²) in [5.41, 5.74) is 6.89. The van der Waals surface area contributed by atoms with Crippen LogP contribution in [0.5, 0.6) is 0 Å². The van der Waals surface area contributed by atoms with Gasteiger partial charge in [0.15, 0.2) is 0 Å². The average Bonchev–Trinajstić information content (AvgIpc) is 3.35. The van der Waals surface area contributed by atoms with Crippen LogP contribution in [-0.4, -0.2) is 74.2 Å². The lowest BCUT2D eigenvalue weighted by molar-refractivity contribution is -0.137. The number of ether oxygens (including phenoxy) is 1. The summed E-state index contributed by atoms with van der Waals surface area (Å²) in [4.78, 5) is 29.2. The maximum absolute atomic E-state index is 13.4. The Hall–Kier alpha value is -3.46. The molecule has 1 N–H and O–H groups in total. The molecule has 202 valence electrons. The number of carboxylic acid groups (broad SMARTS) is 1. The molecule has 5 rings (SSSR count). The number of carbonyl (C=O) groups excluding carboxylic acids is 1. The van der Waals surface area contributed by atoms with Crippen LogP contribution in [0, 0.1) is 12.8 Å². The molecule has 0 aliphatic carbocycles. The predicted octanol–water partition coefficient (Wildman–Crippen LogP) is 4.20. The molecule has 2 aliphatic rings. The van der Waals surface area contributed by atoms with Crippen LogP contribution in [0.4, 0.5) is 4.79 Å².